The van der Waals surface area contributed by atoms with Crippen LogP contribution in [0.5, 0.6) is 5.75 Å². The second-order valence-corrected chi connectivity index (χ2v) is 3.71. The van der Waals surface area contributed by atoms with E-state index in [0.29, 0.717) is 29.4 Å². The van der Waals surface area contributed by atoms with Crippen molar-refractivity contribution in [2.24, 2.45) is 16.6 Å². The first-order chi connectivity index (χ1) is 8.05. The van der Waals surface area contributed by atoms with Crippen LogP contribution in [0.3, 0.4) is 0 Å². The number of ether oxygens (including phenoxy) is 1. The molecular formula is C11H14N4O2+. The SMILES string of the molecule is CC[N+]1(C(N)=O)N=C(N)c2c[c]c(OC)cc21. The molecule has 2 amide bonds. The number of benzene rings is 1. The fourth-order valence-corrected chi connectivity index (χ4v) is 1.95. The Balaban J connectivity index is 2.67. The molecule has 0 bridgehead atoms. The number of carbonyl (C=O) groups is 1. The lowest BCUT2D eigenvalue weighted by Gasteiger charge is -2.22. The molecule has 89 valence electrons. The number of hydrogen-bond acceptors (Lipinski definition) is 4. The van der Waals surface area contributed by atoms with Gasteiger partial charge in [0.25, 0.3) is 0 Å². The van der Waals surface area contributed by atoms with Crippen molar-refractivity contribution in [3.8, 4) is 5.75 Å². The number of urea groups is 1. The lowest BCUT2D eigenvalue weighted by atomic mass is 10.1. The third-order valence-electron chi connectivity index (χ3n) is 2.90. The van der Waals surface area contributed by atoms with Crippen LogP contribution in [-0.4, -0.2) is 25.5 Å². The zero-order chi connectivity index (χ0) is 12.6. The quantitative estimate of drug-likeness (QED) is 0.731. The molecule has 1 aliphatic heterocycles. The molecule has 0 saturated carbocycles. The first kappa shape index (κ1) is 11.4. The summed E-state index contributed by atoms with van der Waals surface area (Å²) in [5, 5.41) is 4.16. The minimum absolute atomic E-state index is 0.291. The maximum Gasteiger partial charge on any atom is 0.445 e. The smallest absolute Gasteiger partial charge is 0.445 e. The number of methoxy groups -OCH3 is 1. The summed E-state index contributed by atoms with van der Waals surface area (Å²) >= 11 is 0. The molecule has 1 aliphatic rings. The molecule has 0 aliphatic carbocycles. The summed E-state index contributed by atoms with van der Waals surface area (Å²) in [7, 11) is 1.53. The Labute approximate surface area is 99.0 Å². The Hall–Kier alpha value is -2.08. The minimum atomic E-state index is -0.567. The van der Waals surface area contributed by atoms with Gasteiger partial charge in [0.1, 0.15) is 12.3 Å². The monoisotopic (exact) mass is 234 g/mol. The normalized spacial score (nSPS) is 21.9. The second kappa shape index (κ2) is 3.74. The van der Waals surface area contributed by atoms with Crippen LogP contribution < -0.4 is 20.8 Å². The molecule has 6 nitrogen and oxygen atoms in total. The van der Waals surface area contributed by atoms with Gasteiger partial charge >= 0.3 is 6.03 Å². The molecular weight excluding hydrogens is 220 g/mol. The highest BCUT2D eigenvalue weighted by Crippen LogP contribution is 2.36. The highest BCUT2D eigenvalue weighted by molar-refractivity contribution is 6.09. The van der Waals surface area contributed by atoms with Crippen LogP contribution in [0.2, 0.25) is 0 Å². The number of primary amides is 1. The van der Waals surface area contributed by atoms with E-state index in [0.717, 1.165) is 0 Å². The van der Waals surface area contributed by atoms with Gasteiger partial charge in [0.05, 0.1) is 12.7 Å². The van der Waals surface area contributed by atoms with E-state index >= 15 is 0 Å². The number of hydrogen-bond donors (Lipinski definition) is 2. The minimum Gasteiger partial charge on any atom is -0.496 e. The van der Waals surface area contributed by atoms with Crippen molar-refractivity contribution >= 4 is 17.6 Å². The van der Waals surface area contributed by atoms with Crippen molar-refractivity contribution in [1.82, 2.24) is 4.59 Å². The van der Waals surface area contributed by atoms with E-state index in [-0.39, 0.29) is 4.59 Å². The number of quaternary nitrogens is 1. The van der Waals surface area contributed by atoms with Crippen LogP contribution in [0.25, 0.3) is 0 Å². The van der Waals surface area contributed by atoms with E-state index < -0.39 is 6.03 Å². The largest absolute Gasteiger partial charge is 0.496 e. The zero-order valence-electron chi connectivity index (χ0n) is 9.73. The predicted octanol–water partition coefficient (Wildman–Crippen LogP) is 0.535. The first-order valence-corrected chi connectivity index (χ1v) is 5.19. The number of nitrogens with zero attached hydrogens (tertiary/aromatic N) is 2. The summed E-state index contributed by atoms with van der Waals surface area (Å²) in [5.41, 5.74) is 12.5. The van der Waals surface area contributed by atoms with Crippen LogP contribution in [0.1, 0.15) is 12.5 Å². The average Bonchev–Trinajstić information content (AvgIpc) is 2.63. The number of carbonyl (C=O) groups excluding carboxylic acids is 1. The van der Waals surface area contributed by atoms with Gasteiger partial charge in [0, 0.05) is 12.1 Å². The molecule has 2 rings (SSSR count). The molecule has 1 aromatic rings. The van der Waals surface area contributed by atoms with E-state index in [1.165, 1.54) is 7.11 Å². The van der Waals surface area contributed by atoms with Crippen molar-refractivity contribution < 1.29 is 9.53 Å². The third kappa shape index (κ3) is 1.45. The Bertz CT molecular complexity index is 512. The molecule has 1 heterocycles. The molecule has 1 unspecified atom stereocenters. The fourth-order valence-electron chi connectivity index (χ4n) is 1.95. The van der Waals surface area contributed by atoms with Crippen LogP contribution in [0.15, 0.2) is 17.2 Å². The molecule has 6 heteroatoms. The van der Waals surface area contributed by atoms with Gasteiger partial charge in [-0.05, 0) is 18.1 Å². The standard InChI is InChI=1S/C11H13N4O2/c1-3-15(11(13)16)9-6-7(17-2)4-5-8(9)10(12)14-15/h5-6H,3H2,1-2H3,(H3-,12,13,14,16)/p+1. The molecule has 1 atom stereocenters. The van der Waals surface area contributed by atoms with E-state index in [4.69, 9.17) is 16.2 Å². The lowest BCUT2D eigenvalue weighted by molar-refractivity contribution is 0.214. The Morgan fingerprint density at radius 3 is 2.88 bits per heavy atom. The summed E-state index contributed by atoms with van der Waals surface area (Å²) in [5.74, 6) is 0.811. The topological polar surface area (TPSA) is 90.7 Å². The summed E-state index contributed by atoms with van der Waals surface area (Å²) in [6.07, 6.45) is 0. The van der Waals surface area contributed by atoms with Gasteiger partial charge in [-0.2, -0.15) is 0 Å². The van der Waals surface area contributed by atoms with Gasteiger partial charge in [0.15, 0.2) is 11.5 Å². The molecule has 1 aromatic carbocycles. The molecule has 4 N–H and O–H groups in total. The van der Waals surface area contributed by atoms with Crippen LogP contribution >= 0.6 is 0 Å². The average molecular weight is 234 g/mol. The Morgan fingerprint density at radius 1 is 1.65 bits per heavy atom. The van der Waals surface area contributed by atoms with Crippen molar-refractivity contribution in [2.75, 3.05) is 13.7 Å². The van der Waals surface area contributed by atoms with Crippen molar-refractivity contribution in [3.63, 3.8) is 0 Å². The second-order valence-electron chi connectivity index (χ2n) is 3.71. The molecule has 0 spiro atoms. The highest BCUT2D eigenvalue weighted by atomic mass is 16.5. The lowest BCUT2D eigenvalue weighted by Crippen LogP contribution is -2.51. The van der Waals surface area contributed by atoms with E-state index in [9.17, 15) is 4.79 Å². The maximum absolute atomic E-state index is 11.6. The molecule has 0 fully saturated rings. The number of rotatable bonds is 2. The number of nitrogens with two attached hydrogens (primary N) is 2. The summed E-state index contributed by atoms with van der Waals surface area (Å²) in [6.45, 7) is 2.22. The Morgan fingerprint density at radius 2 is 2.35 bits per heavy atom. The highest BCUT2D eigenvalue weighted by Gasteiger charge is 2.45. The van der Waals surface area contributed by atoms with Gasteiger partial charge < -0.3 is 16.2 Å². The van der Waals surface area contributed by atoms with Crippen LogP contribution in [0, 0.1) is 6.07 Å². The van der Waals surface area contributed by atoms with E-state index in [2.05, 4.69) is 11.2 Å². The van der Waals surface area contributed by atoms with Gasteiger partial charge in [-0.15, -0.1) is 0 Å². The third-order valence-corrected chi connectivity index (χ3v) is 2.90. The van der Waals surface area contributed by atoms with Crippen molar-refractivity contribution in [2.45, 2.75) is 6.92 Å². The van der Waals surface area contributed by atoms with Gasteiger partial charge in [-0.1, -0.05) is 4.59 Å². The molecule has 0 saturated heterocycles. The summed E-state index contributed by atoms with van der Waals surface area (Å²) in [4.78, 5) is 11.6. The van der Waals surface area contributed by atoms with Crippen molar-refractivity contribution in [1.29, 1.82) is 0 Å². The van der Waals surface area contributed by atoms with Crippen LogP contribution in [0.4, 0.5) is 10.5 Å². The number of amidine groups is 1. The number of amides is 2. The van der Waals surface area contributed by atoms with E-state index in [1.54, 1.807) is 12.1 Å². The van der Waals surface area contributed by atoms with E-state index in [1.807, 2.05) is 6.92 Å². The fraction of sp³-hybridized carbons (Fsp3) is 0.273. The predicted molar refractivity (Wildman–Crippen MR) is 64.5 cm³/mol. The maximum atomic E-state index is 11.6. The first-order valence-electron chi connectivity index (χ1n) is 5.19. The molecule has 17 heavy (non-hydrogen) atoms. The number of fused-ring (bicyclic) bond motifs is 1. The van der Waals surface area contributed by atoms with Crippen molar-refractivity contribution in [3.05, 3.63) is 23.8 Å². The van der Waals surface area contributed by atoms with Gasteiger partial charge in [0.2, 0.25) is 0 Å². The van der Waals surface area contributed by atoms with Gasteiger partial charge in [-0.3, -0.25) is 0 Å². The molecule has 1 radical (unpaired) electrons. The summed E-state index contributed by atoms with van der Waals surface area (Å²) < 4.78 is 4.76. The van der Waals surface area contributed by atoms with Gasteiger partial charge in [-0.25, -0.2) is 4.79 Å². The summed E-state index contributed by atoms with van der Waals surface area (Å²) in [6, 6.07) is 5.68. The zero-order valence-corrected chi connectivity index (χ0v) is 9.73. The van der Waals surface area contributed by atoms with Crippen LogP contribution in [-0.2, 0) is 0 Å². The Kier molecular flexibility index (Phi) is 2.51. The molecule has 0 aromatic heterocycles.